The van der Waals surface area contributed by atoms with Crippen LogP contribution in [0.4, 0.5) is 5.69 Å². The summed E-state index contributed by atoms with van der Waals surface area (Å²) in [6.45, 7) is 6.83. The molecule has 3 atom stereocenters. The van der Waals surface area contributed by atoms with Crippen molar-refractivity contribution in [2.45, 2.75) is 64.4 Å². The fourth-order valence-corrected chi connectivity index (χ4v) is 7.46. The minimum atomic E-state index is -3.88. The zero-order valence-corrected chi connectivity index (χ0v) is 30.0. The van der Waals surface area contributed by atoms with Crippen LogP contribution in [0.2, 0.25) is 0 Å². The number of benzene rings is 5. The zero-order chi connectivity index (χ0) is 36.8. The summed E-state index contributed by atoms with van der Waals surface area (Å²) in [6.07, 6.45) is -1.77. The van der Waals surface area contributed by atoms with Gasteiger partial charge in [0.25, 0.3) is 10.0 Å². The van der Waals surface area contributed by atoms with E-state index in [0.29, 0.717) is 36.0 Å². The van der Waals surface area contributed by atoms with Crippen LogP contribution in [0, 0.1) is 13.8 Å². The lowest BCUT2D eigenvalue weighted by atomic mass is 9.95. The zero-order valence-electron chi connectivity index (χ0n) is 29.2. The number of nitrogens with one attached hydrogen (secondary N) is 2. The molecule has 4 bridgehead atoms. The van der Waals surface area contributed by atoms with Crippen LogP contribution in [-0.2, 0) is 27.8 Å². The fourth-order valence-electron chi connectivity index (χ4n) is 6.32. The highest BCUT2D eigenvalue weighted by atomic mass is 32.2. The van der Waals surface area contributed by atoms with Gasteiger partial charge < -0.3 is 29.7 Å². The van der Waals surface area contributed by atoms with Crippen molar-refractivity contribution in [1.82, 2.24) is 5.32 Å². The number of aryl methyl sites for hydroxylation is 2. The second-order valence-electron chi connectivity index (χ2n) is 12.9. The number of aliphatic hydroxyl groups is 1. The molecular weight excluding hydrogens is 693 g/mol. The van der Waals surface area contributed by atoms with Crippen LogP contribution in [0.15, 0.2) is 114 Å². The fraction of sp³-hybridized carbons (Fsp3) is 0.262. The third kappa shape index (κ3) is 9.55. The number of sulfonamides is 1. The molecule has 0 saturated carbocycles. The summed E-state index contributed by atoms with van der Waals surface area (Å²) in [4.78, 5) is 12.0. The van der Waals surface area contributed by atoms with Crippen LogP contribution in [0.1, 0.15) is 48.3 Å². The second-order valence-corrected chi connectivity index (χ2v) is 14.6. The summed E-state index contributed by atoms with van der Waals surface area (Å²) in [5.74, 6) is 0.652. The molecule has 1 heterocycles. The van der Waals surface area contributed by atoms with E-state index in [9.17, 15) is 23.4 Å². The molecule has 0 saturated heterocycles. The molecule has 6 rings (SSSR count). The highest BCUT2D eigenvalue weighted by molar-refractivity contribution is 7.92. The Labute approximate surface area is 311 Å². The molecule has 4 N–H and O–H groups in total. The maximum atomic E-state index is 13.2. The molecule has 1 aliphatic heterocycles. The van der Waals surface area contributed by atoms with E-state index < -0.39 is 34.2 Å². The predicted molar refractivity (Wildman–Crippen MR) is 206 cm³/mol. The molecule has 5 aromatic carbocycles. The van der Waals surface area contributed by atoms with Gasteiger partial charge in [-0.2, -0.15) is 0 Å². The second kappa shape index (κ2) is 17.0. The Morgan fingerprint density at radius 3 is 2.32 bits per heavy atom. The molecule has 0 aromatic heterocycles. The molecule has 278 valence electrons. The summed E-state index contributed by atoms with van der Waals surface area (Å²) in [5, 5.41) is 24.3. The Balaban J connectivity index is 0.00000541. The lowest BCUT2D eigenvalue weighted by molar-refractivity contribution is -0.145. The summed E-state index contributed by atoms with van der Waals surface area (Å²) in [5.41, 5.74) is 6.35. The van der Waals surface area contributed by atoms with E-state index in [1.54, 1.807) is 48.5 Å². The number of carbonyl (C=O) groups is 1. The molecule has 0 radical (unpaired) electrons. The highest BCUT2D eigenvalue weighted by Crippen LogP contribution is 2.34. The van der Waals surface area contributed by atoms with Crippen molar-refractivity contribution in [2.75, 3.05) is 17.9 Å². The highest BCUT2D eigenvalue weighted by Gasteiger charge is 2.25. The summed E-state index contributed by atoms with van der Waals surface area (Å²) >= 11 is 0. The third-order valence-electron chi connectivity index (χ3n) is 8.98. The van der Waals surface area contributed by atoms with Crippen molar-refractivity contribution >= 4 is 21.7 Å². The number of fused-ring (bicyclic) bond motifs is 4. The van der Waals surface area contributed by atoms with Gasteiger partial charge in [-0.1, -0.05) is 68.1 Å². The van der Waals surface area contributed by atoms with Gasteiger partial charge in [0.05, 0.1) is 16.7 Å². The normalized spacial score (nSPS) is 14.6. The van der Waals surface area contributed by atoms with Crippen molar-refractivity contribution in [3.05, 3.63) is 137 Å². The topological polar surface area (TPSA) is 143 Å². The van der Waals surface area contributed by atoms with Crippen LogP contribution < -0.4 is 24.2 Å². The largest absolute Gasteiger partial charge is 0.492 e. The average Bonchev–Trinajstić information content (AvgIpc) is 3.12. The van der Waals surface area contributed by atoms with Crippen LogP contribution in [-0.4, -0.2) is 49.9 Å². The molecule has 53 heavy (non-hydrogen) atoms. The van der Waals surface area contributed by atoms with Gasteiger partial charge in [0.1, 0.15) is 30.5 Å². The van der Waals surface area contributed by atoms with E-state index in [1.807, 2.05) is 75.4 Å². The minimum absolute atomic E-state index is 0. The van der Waals surface area contributed by atoms with Crippen molar-refractivity contribution < 1.29 is 37.6 Å². The monoisotopic (exact) mass is 738 g/mol. The molecule has 0 spiro atoms. The molecule has 11 heteroatoms. The molecule has 0 amide bonds. The Morgan fingerprint density at radius 2 is 1.62 bits per heavy atom. The summed E-state index contributed by atoms with van der Waals surface area (Å²) in [6, 6.07) is 31.9. The van der Waals surface area contributed by atoms with Crippen LogP contribution in [0.25, 0.3) is 11.1 Å². The number of carboxylic acids is 1. The van der Waals surface area contributed by atoms with E-state index in [2.05, 4.69) is 10.0 Å². The maximum absolute atomic E-state index is 13.2. The molecule has 5 aromatic rings. The Morgan fingerprint density at radius 1 is 0.906 bits per heavy atom. The molecule has 10 nitrogen and oxygen atoms in total. The van der Waals surface area contributed by atoms with Gasteiger partial charge in [0.2, 0.25) is 0 Å². The first kappa shape index (κ1) is 38.9. The first-order chi connectivity index (χ1) is 25.0. The van der Waals surface area contributed by atoms with Crippen molar-refractivity contribution in [1.29, 1.82) is 0 Å². The van der Waals surface area contributed by atoms with Gasteiger partial charge in [0.15, 0.2) is 6.10 Å². The summed E-state index contributed by atoms with van der Waals surface area (Å²) in [7, 11) is -3.88. The van der Waals surface area contributed by atoms with Gasteiger partial charge in [0, 0.05) is 30.6 Å². The first-order valence-corrected chi connectivity index (χ1v) is 18.5. The van der Waals surface area contributed by atoms with Crippen LogP contribution in [0.5, 0.6) is 17.2 Å². The van der Waals surface area contributed by atoms with Crippen molar-refractivity contribution in [2.24, 2.45) is 0 Å². The number of aliphatic carboxylic acids is 1. The lowest BCUT2D eigenvalue weighted by Crippen LogP contribution is -2.35. The SMILES string of the molecule is C.Cc1cc(OCCN[C@@H](C)[C@H](O)c2ccc3cc2NS(=O)(=O)c2cccc(c2)CO3)cc(C)c1-c1ccc(OC(Cc2ccccc2)C(=O)O)cc1. The van der Waals surface area contributed by atoms with E-state index in [0.717, 1.165) is 33.4 Å². The van der Waals surface area contributed by atoms with Gasteiger partial charge in [-0.05, 0) is 96.6 Å². The number of rotatable bonds is 13. The smallest absolute Gasteiger partial charge is 0.345 e. The number of carboxylic acid groups (broad SMARTS) is 1. The van der Waals surface area contributed by atoms with Gasteiger partial charge in [-0.25, -0.2) is 13.2 Å². The van der Waals surface area contributed by atoms with Gasteiger partial charge in [-0.3, -0.25) is 4.72 Å². The predicted octanol–water partition coefficient (Wildman–Crippen LogP) is 7.46. The quantitative estimate of drug-likeness (QED) is 0.0905. The standard InChI is InChI=1S/C41H42N2O8S.CH4/c1-26-20-34(21-27(2)39(26)31-12-14-32(15-13-31)51-38(41(45)46)23-29-8-5-4-6-9-29)49-19-18-42-28(3)40(44)36-17-16-33-24-37(36)43-52(47,48)35-11-7-10-30(22-35)25-50-33;/h4-17,20-22,24,28,38,40,42-44H,18-19,23,25H2,1-3H3,(H,45,46);1H4/t28-,38?,40-;/m0./s1. The molecule has 0 aliphatic carbocycles. The van der Waals surface area contributed by atoms with E-state index >= 15 is 0 Å². The van der Waals surface area contributed by atoms with Crippen molar-refractivity contribution in [3.8, 4) is 28.4 Å². The van der Waals surface area contributed by atoms with E-state index in [4.69, 9.17) is 14.2 Å². The van der Waals surface area contributed by atoms with Crippen molar-refractivity contribution in [3.63, 3.8) is 0 Å². The van der Waals surface area contributed by atoms with E-state index in [-0.39, 0.29) is 31.0 Å². The number of ether oxygens (including phenoxy) is 3. The Kier molecular flexibility index (Phi) is 12.5. The first-order valence-electron chi connectivity index (χ1n) is 17.0. The molecular formula is C42H46N2O8S. The number of hydrogen-bond donors (Lipinski definition) is 4. The number of anilines is 1. The summed E-state index contributed by atoms with van der Waals surface area (Å²) < 4.78 is 46.7. The third-order valence-corrected chi connectivity index (χ3v) is 10.3. The maximum Gasteiger partial charge on any atom is 0.345 e. The van der Waals surface area contributed by atoms with Gasteiger partial charge in [-0.15, -0.1) is 0 Å². The Bertz CT molecular complexity index is 2120. The molecule has 0 fully saturated rings. The minimum Gasteiger partial charge on any atom is -0.492 e. The molecule has 1 aliphatic rings. The molecule has 1 unspecified atom stereocenters. The van der Waals surface area contributed by atoms with Crippen LogP contribution >= 0.6 is 0 Å². The number of aliphatic hydroxyl groups excluding tert-OH is 1. The van der Waals surface area contributed by atoms with E-state index in [1.165, 1.54) is 6.07 Å². The Hall–Kier alpha value is -5.36. The lowest BCUT2D eigenvalue weighted by Gasteiger charge is -2.24. The number of hydrogen-bond acceptors (Lipinski definition) is 8. The average molecular weight is 739 g/mol. The van der Waals surface area contributed by atoms with Gasteiger partial charge >= 0.3 is 5.97 Å². The van der Waals surface area contributed by atoms with Crippen LogP contribution in [0.3, 0.4) is 0 Å².